The zero-order chi connectivity index (χ0) is 18.4. The number of nitriles is 1. The van der Waals surface area contributed by atoms with Crippen molar-refractivity contribution >= 4 is 29.9 Å². The second-order valence-corrected chi connectivity index (χ2v) is 6.83. The van der Waals surface area contributed by atoms with Crippen molar-refractivity contribution in [2.24, 2.45) is 10.9 Å². The summed E-state index contributed by atoms with van der Waals surface area (Å²) in [7, 11) is 1.75. The fourth-order valence-corrected chi connectivity index (χ4v) is 3.61. The monoisotopic (exact) mass is 487 g/mol. The summed E-state index contributed by atoms with van der Waals surface area (Å²) in [5.41, 5.74) is 0.944. The zero-order valence-corrected chi connectivity index (χ0v) is 18.0. The maximum Gasteiger partial charge on any atom is 0.193 e. The highest BCUT2D eigenvalue weighted by Gasteiger charge is 2.27. The number of ether oxygens (including phenoxy) is 1. The molecule has 1 aromatic rings. The van der Waals surface area contributed by atoms with Crippen LogP contribution in [0.4, 0.5) is 4.39 Å². The van der Waals surface area contributed by atoms with Crippen LogP contribution in [-0.4, -0.2) is 68.7 Å². The van der Waals surface area contributed by atoms with E-state index in [2.05, 4.69) is 20.1 Å². The third-order valence-electron chi connectivity index (χ3n) is 5.03. The molecule has 27 heavy (non-hydrogen) atoms. The summed E-state index contributed by atoms with van der Waals surface area (Å²) in [5.74, 6) is 1.10. The van der Waals surface area contributed by atoms with E-state index in [4.69, 9.17) is 10.00 Å². The minimum absolute atomic E-state index is 0. The van der Waals surface area contributed by atoms with Crippen molar-refractivity contribution in [1.29, 1.82) is 5.26 Å². The molecule has 3 rings (SSSR count). The number of hydrogen-bond acceptors (Lipinski definition) is 4. The number of halogens is 2. The second kappa shape index (κ2) is 10.8. The highest BCUT2D eigenvalue weighted by atomic mass is 127. The Kier molecular flexibility index (Phi) is 8.73. The first-order chi connectivity index (χ1) is 12.7. The van der Waals surface area contributed by atoms with Crippen LogP contribution in [0.25, 0.3) is 0 Å². The molecule has 1 aromatic carbocycles. The van der Waals surface area contributed by atoms with Gasteiger partial charge >= 0.3 is 0 Å². The van der Waals surface area contributed by atoms with Gasteiger partial charge in [0.05, 0.1) is 24.8 Å². The van der Waals surface area contributed by atoms with Gasteiger partial charge < -0.3 is 15.0 Å². The Hall–Kier alpha value is -1.44. The normalized spacial score (nSPS) is 20.9. The molecule has 0 saturated carbocycles. The molecule has 1 unspecified atom stereocenters. The van der Waals surface area contributed by atoms with Crippen molar-refractivity contribution in [3.8, 4) is 6.07 Å². The predicted molar refractivity (Wildman–Crippen MR) is 114 cm³/mol. The van der Waals surface area contributed by atoms with Gasteiger partial charge in [0.1, 0.15) is 5.82 Å². The minimum atomic E-state index is -0.307. The summed E-state index contributed by atoms with van der Waals surface area (Å²) in [6, 6.07) is 6.46. The topological polar surface area (TPSA) is 63.9 Å². The van der Waals surface area contributed by atoms with Crippen LogP contribution in [0, 0.1) is 23.1 Å². The summed E-state index contributed by atoms with van der Waals surface area (Å²) < 4.78 is 19.4. The van der Waals surface area contributed by atoms with Crippen molar-refractivity contribution in [2.45, 2.75) is 13.0 Å². The van der Waals surface area contributed by atoms with E-state index < -0.39 is 0 Å². The Bertz CT molecular complexity index is 687. The van der Waals surface area contributed by atoms with Gasteiger partial charge in [0.25, 0.3) is 0 Å². The number of likely N-dealkylation sites (tertiary alicyclic amines) is 1. The fourth-order valence-electron chi connectivity index (χ4n) is 3.61. The first-order valence-corrected chi connectivity index (χ1v) is 9.14. The molecule has 6 nitrogen and oxygen atoms in total. The van der Waals surface area contributed by atoms with E-state index in [-0.39, 0.29) is 29.8 Å². The van der Waals surface area contributed by atoms with Gasteiger partial charge in [-0.2, -0.15) is 5.26 Å². The number of hydrogen-bond donors (Lipinski definition) is 1. The lowest BCUT2D eigenvalue weighted by Gasteiger charge is -2.29. The van der Waals surface area contributed by atoms with Crippen molar-refractivity contribution in [3.63, 3.8) is 0 Å². The Balaban J connectivity index is 0.00000261. The number of benzene rings is 1. The molecule has 0 radical (unpaired) electrons. The van der Waals surface area contributed by atoms with E-state index in [1.165, 1.54) is 12.1 Å². The van der Waals surface area contributed by atoms with Crippen molar-refractivity contribution in [2.75, 3.05) is 53.0 Å². The van der Waals surface area contributed by atoms with Gasteiger partial charge in [-0.3, -0.25) is 9.89 Å². The molecule has 2 aliphatic heterocycles. The summed E-state index contributed by atoms with van der Waals surface area (Å²) in [6.45, 7) is 7.00. The Morgan fingerprint density at radius 2 is 2.15 bits per heavy atom. The summed E-state index contributed by atoms with van der Waals surface area (Å²) in [4.78, 5) is 9.05. The fraction of sp³-hybridized carbons (Fsp3) is 0.579. The highest BCUT2D eigenvalue weighted by molar-refractivity contribution is 14.0. The largest absolute Gasteiger partial charge is 0.379 e. The summed E-state index contributed by atoms with van der Waals surface area (Å²) >= 11 is 0. The first-order valence-electron chi connectivity index (χ1n) is 9.14. The Labute approximate surface area is 177 Å². The van der Waals surface area contributed by atoms with Crippen molar-refractivity contribution in [1.82, 2.24) is 15.1 Å². The minimum Gasteiger partial charge on any atom is -0.379 e. The van der Waals surface area contributed by atoms with E-state index in [0.717, 1.165) is 58.3 Å². The number of nitrogens with zero attached hydrogens (tertiary/aromatic N) is 4. The van der Waals surface area contributed by atoms with Gasteiger partial charge in [-0.25, -0.2) is 4.39 Å². The predicted octanol–water partition coefficient (Wildman–Crippen LogP) is 2.04. The maximum absolute atomic E-state index is 13.9. The lowest BCUT2D eigenvalue weighted by atomic mass is 10.1. The van der Waals surface area contributed by atoms with Crippen LogP contribution in [0.1, 0.15) is 17.5 Å². The summed E-state index contributed by atoms with van der Waals surface area (Å²) in [6.07, 6.45) is 1.14. The van der Waals surface area contributed by atoms with Gasteiger partial charge in [-0.05, 0) is 30.5 Å². The maximum atomic E-state index is 13.9. The van der Waals surface area contributed by atoms with E-state index in [1.807, 2.05) is 6.07 Å². The molecule has 0 aliphatic carbocycles. The molecule has 1 atom stereocenters. The third-order valence-corrected chi connectivity index (χ3v) is 5.03. The van der Waals surface area contributed by atoms with E-state index in [9.17, 15) is 4.39 Å². The average molecular weight is 487 g/mol. The number of nitrogens with one attached hydrogen (secondary N) is 1. The van der Waals surface area contributed by atoms with E-state index in [0.29, 0.717) is 23.6 Å². The van der Waals surface area contributed by atoms with Crippen LogP contribution in [0.5, 0.6) is 0 Å². The molecule has 1 N–H and O–H groups in total. The molecule has 2 saturated heterocycles. The van der Waals surface area contributed by atoms with Gasteiger partial charge in [-0.15, -0.1) is 24.0 Å². The molecule has 0 spiro atoms. The zero-order valence-electron chi connectivity index (χ0n) is 15.7. The second-order valence-electron chi connectivity index (χ2n) is 6.83. The molecule has 8 heteroatoms. The van der Waals surface area contributed by atoms with Crippen molar-refractivity contribution in [3.05, 3.63) is 35.1 Å². The molecule has 2 fully saturated rings. The van der Waals surface area contributed by atoms with Crippen LogP contribution in [-0.2, 0) is 11.3 Å². The van der Waals surface area contributed by atoms with Gasteiger partial charge in [0, 0.05) is 51.9 Å². The Morgan fingerprint density at radius 1 is 1.37 bits per heavy atom. The molecular formula is C19H27FIN5O. The quantitative estimate of drug-likeness (QED) is 0.400. The highest BCUT2D eigenvalue weighted by Crippen LogP contribution is 2.18. The van der Waals surface area contributed by atoms with Crippen LogP contribution >= 0.6 is 24.0 Å². The van der Waals surface area contributed by atoms with Crippen LogP contribution in [0.3, 0.4) is 0 Å². The van der Waals surface area contributed by atoms with Crippen LogP contribution < -0.4 is 5.32 Å². The molecule has 2 aliphatic rings. The van der Waals surface area contributed by atoms with Crippen LogP contribution in [0.2, 0.25) is 0 Å². The number of rotatable bonds is 4. The molecule has 2 heterocycles. The molecular weight excluding hydrogens is 460 g/mol. The first kappa shape index (κ1) is 21.9. The standard InChI is InChI=1S/C19H26FN5O.HI/c1-22-19(23-12-17-10-15(11-21)2-3-18(17)20)25-5-4-16(14-25)13-24-6-8-26-9-7-24;/h2-3,10,16H,4-9,12-14H2,1H3,(H,22,23);1H. The molecule has 0 aromatic heterocycles. The summed E-state index contributed by atoms with van der Waals surface area (Å²) in [5, 5.41) is 12.2. The SMILES string of the molecule is CN=C(NCc1cc(C#N)ccc1F)N1CCC(CN2CCOCC2)C1.I. The molecule has 148 valence electrons. The van der Waals surface area contributed by atoms with E-state index >= 15 is 0 Å². The number of guanidine groups is 1. The van der Waals surface area contributed by atoms with Gasteiger partial charge in [0.15, 0.2) is 5.96 Å². The lowest BCUT2D eigenvalue weighted by Crippen LogP contribution is -2.42. The van der Waals surface area contributed by atoms with Gasteiger partial charge in [0.2, 0.25) is 0 Å². The average Bonchev–Trinajstić information content (AvgIpc) is 3.12. The number of aliphatic imine (C=N–C) groups is 1. The lowest BCUT2D eigenvalue weighted by molar-refractivity contribution is 0.0315. The molecule has 0 amide bonds. The molecule has 0 bridgehead atoms. The van der Waals surface area contributed by atoms with E-state index in [1.54, 1.807) is 13.1 Å². The smallest absolute Gasteiger partial charge is 0.193 e. The third kappa shape index (κ3) is 6.02. The number of morpholine rings is 1. The van der Waals surface area contributed by atoms with Crippen molar-refractivity contribution < 1.29 is 9.13 Å². The van der Waals surface area contributed by atoms with Crippen LogP contribution in [0.15, 0.2) is 23.2 Å². The Morgan fingerprint density at radius 3 is 2.85 bits per heavy atom. The van der Waals surface area contributed by atoms with Gasteiger partial charge in [-0.1, -0.05) is 0 Å².